The van der Waals surface area contributed by atoms with E-state index in [0.717, 1.165) is 59.5 Å². The maximum Gasteiger partial charge on any atom is 0.410 e. The van der Waals surface area contributed by atoms with Crippen molar-refractivity contribution in [3.63, 3.8) is 0 Å². The smallest absolute Gasteiger partial charge is 0.410 e. The van der Waals surface area contributed by atoms with E-state index in [2.05, 4.69) is 28.9 Å². The Morgan fingerprint density at radius 2 is 1.82 bits per heavy atom. The Balaban J connectivity index is 1.43. The van der Waals surface area contributed by atoms with Crippen LogP contribution in [0.2, 0.25) is 0 Å². The summed E-state index contributed by atoms with van der Waals surface area (Å²) >= 11 is 0. The summed E-state index contributed by atoms with van der Waals surface area (Å²) in [5.41, 5.74) is 5.46. The normalized spacial score (nSPS) is 23.4. The standard InChI is InChI=1S/C48H63N3O9/c1-5-23-51(47(54)57-28-27-56-32-35-16-8-7-9-17-35)44-31-42(50-55-4)40-29-36(18-10-12-24-52)39(20-11-13-25-53)45-41-30-38(58-33-37-19-14-15-34(3)49-37)21-22-43(41)60-48(44,46(40)45)59-26-6-2/h6-9,14-17,19,21-22,29-30,36,39,44-46,52-53H,2,5,10-13,18,20,23-28,31-33H2,1,3-4H3/t36-,39+,44-,45+,46+,48+/m0/s1. The molecule has 0 bridgehead atoms. The molecule has 324 valence electrons. The second kappa shape index (κ2) is 22.2. The van der Waals surface area contributed by atoms with Crippen molar-refractivity contribution in [1.29, 1.82) is 0 Å². The van der Waals surface area contributed by atoms with Crippen LogP contribution in [0.25, 0.3) is 0 Å². The molecule has 0 radical (unpaired) electrons. The highest BCUT2D eigenvalue weighted by atomic mass is 16.7. The van der Waals surface area contributed by atoms with Gasteiger partial charge in [0.2, 0.25) is 5.79 Å². The van der Waals surface area contributed by atoms with Gasteiger partial charge in [-0.25, -0.2) is 4.79 Å². The zero-order chi connectivity index (χ0) is 42.3. The number of aliphatic hydroxyl groups excluding tert-OH is 2. The minimum Gasteiger partial charge on any atom is -0.487 e. The van der Waals surface area contributed by atoms with Crippen molar-refractivity contribution < 1.29 is 43.5 Å². The van der Waals surface area contributed by atoms with Crippen LogP contribution in [-0.4, -0.2) is 90.4 Å². The lowest BCUT2D eigenvalue weighted by Gasteiger charge is -2.59. The van der Waals surface area contributed by atoms with Crippen molar-refractivity contribution in [1.82, 2.24) is 9.88 Å². The van der Waals surface area contributed by atoms with E-state index >= 15 is 0 Å². The average Bonchev–Trinajstić information content (AvgIpc) is 3.26. The lowest BCUT2D eigenvalue weighted by molar-refractivity contribution is -0.255. The molecular formula is C48H63N3O9. The Labute approximate surface area is 355 Å². The van der Waals surface area contributed by atoms with Gasteiger partial charge in [-0.3, -0.25) is 9.88 Å². The largest absolute Gasteiger partial charge is 0.487 e. The number of aryl methyl sites for hydroxylation is 1. The van der Waals surface area contributed by atoms with Crippen molar-refractivity contribution in [3.8, 4) is 11.5 Å². The van der Waals surface area contributed by atoms with Crippen molar-refractivity contribution in [2.45, 2.75) is 96.2 Å². The van der Waals surface area contributed by atoms with Crippen LogP contribution < -0.4 is 9.47 Å². The molecule has 1 saturated carbocycles. The van der Waals surface area contributed by atoms with E-state index in [9.17, 15) is 15.0 Å². The van der Waals surface area contributed by atoms with Gasteiger partial charge in [-0.2, -0.15) is 0 Å². The molecule has 2 heterocycles. The number of hydrogen-bond donors (Lipinski definition) is 2. The molecule has 6 atom stereocenters. The van der Waals surface area contributed by atoms with Gasteiger partial charge in [0.05, 0.1) is 37.1 Å². The lowest BCUT2D eigenvalue weighted by atomic mass is 9.55. The molecule has 1 aliphatic heterocycles. The van der Waals surface area contributed by atoms with E-state index in [1.165, 1.54) is 0 Å². The molecule has 0 unspecified atom stereocenters. The molecule has 0 spiro atoms. The van der Waals surface area contributed by atoms with E-state index in [-0.39, 0.29) is 57.2 Å². The number of nitrogens with zero attached hydrogens (tertiary/aromatic N) is 3. The summed E-state index contributed by atoms with van der Waals surface area (Å²) in [5, 5.41) is 24.4. The molecule has 6 rings (SSSR count). The van der Waals surface area contributed by atoms with Crippen molar-refractivity contribution in [2.24, 2.45) is 22.9 Å². The van der Waals surface area contributed by atoms with Gasteiger partial charge in [-0.1, -0.05) is 73.5 Å². The highest BCUT2D eigenvalue weighted by Crippen LogP contribution is 2.62. The minimum absolute atomic E-state index is 0.0718. The summed E-state index contributed by atoms with van der Waals surface area (Å²) in [6.07, 6.45) is 9.21. The van der Waals surface area contributed by atoms with Crippen molar-refractivity contribution in [2.75, 3.05) is 46.7 Å². The number of hydrogen-bond acceptors (Lipinski definition) is 11. The number of carbonyl (C=O) groups excluding carboxylic acids is 1. The molecular weight excluding hydrogens is 763 g/mol. The van der Waals surface area contributed by atoms with Crippen LogP contribution in [0.3, 0.4) is 0 Å². The summed E-state index contributed by atoms with van der Waals surface area (Å²) in [6.45, 7) is 9.80. The molecule has 1 fully saturated rings. The molecule has 1 aromatic heterocycles. The number of allylic oxidation sites excluding steroid dienone is 1. The Bertz CT molecular complexity index is 1900. The molecule has 12 nitrogen and oxygen atoms in total. The lowest BCUT2D eigenvalue weighted by Crippen LogP contribution is -2.70. The predicted octanol–water partition coefficient (Wildman–Crippen LogP) is 8.30. The number of fused-ring (bicyclic) bond motifs is 2. The van der Waals surface area contributed by atoms with Gasteiger partial charge in [0.15, 0.2) is 0 Å². The summed E-state index contributed by atoms with van der Waals surface area (Å²) in [4.78, 5) is 26.3. The van der Waals surface area contributed by atoms with E-state index in [1.54, 1.807) is 18.1 Å². The van der Waals surface area contributed by atoms with E-state index in [4.69, 9.17) is 28.5 Å². The van der Waals surface area contributed by atoms with Crippen molar-refractivity contribution in [3.05, 3.63) is 114 Å². The Kier molecular flexibility index (Phi) is 16.6. The third-order valence-corrected chi connectivity index (χ3v) is 11.8. The van der Waals surface area contributed by atoms with Gasteiger partial charge < -0.3 is 38.7 Å². The van der Waals surface area contributed by atoms with Crippen LogP contribution in [0.4, 0.5) is 4.79 Å². The van der Waals surface area contributed by atoms with Crippen LogP contribution in [-0.2, 0) is 32.3 Å². The number of amides is 1. The third-order valence-electron chi connectivity index (χ3n) is 11.8. The number of oxime groups is 1. The second-order valence-electron chi connectivity index (χ2n) is 15.9. The first-order valence-corrected chi connectivity index (χ1v) is 21.6. The third kappa shape index (κ3) is 10.6. The summed E-state index contributed by atoms with van der Waals surface area (Å²) < 4.78 is 32.5. The van der Waals surface area contributed by atoms with Gasteiger partial charge in [-0.15, -0.1) is 6.58 Å². The zero-order valence-electron chi connectivity index (χ0n) is 35.5. The van der Waals surface area contributed by atoms with E-state index in [1.807, 2.05) is 74.5 Å². The number of benzene rings is 2. The molecule has 12 heteroatoms. The van der Waals surface area contributed by atoms with Gasteiger partial charge >= 0.3 is 6.09 Å². The topological polar surface area (TPSA) is 141 Å². The zero-order valence-corrected chi connectivity index (χ0v) is 35.5. The molecule has 3 aliphatic rings. The first-order chi connectivity index (χ1) is 29.4. The van der Waals surface area contributed by atoms with Crippen LogP contribution in [0.5, 0.6) is 11.5 Å². The minimum atomic E-state index is -1.37. The van der Waals surface area contributed by atoms with Gasteiger partial charge in [0.1, 0.15) is 37.9 Å². The number of rotatable bonds is 23. The fourth-order valence-corrected chi connectivity index (χ4v) is 9.34. The fourth-order valence-electron chi connectivity index (χ4n) is 9.34. The molecule has 2 aromatic carbocycles. The fraction of sp³-hybridized carbons (Fsp3) is 0.521. The van der Waals surface area contributed by atoms with Crippen LogP contribution in [0.15, 0.2) is 96.2 Å². The average molecular weight is 826 g/mol. The SMILES string of the molecule is C=CCO[C@@]12Oc3ccc(OCc4cccc(C)n4)cc3[C@H]3[C@H](CCCCO)[C@@H](CCCCO)C=C(C(=NOC)C[C@@H]1N(CCC)C(=O)OCCOCc1ccccc1)[C@H]32. The van der Waals surface area contributed by atoms with E-state index < -0.39 is 23.8 Å². The molecule has 2 N–H and O–H groups in total. The summed E-state index contributed by atoms with van der Waals surface area (Å²) in [5.74, 6) is -0.439. The summed E-state index contributed by atoms with van der Waals surface area (Å²) in [7, 11) is 1.54. The predicted molar refractivity (Wildman–Crippen MR) is 230 cm³/mol. The molecule has 3 aromatic rings. The molecule has 0 saturated heterocycles. The number of pyridine rings is 1. The number of ether oxygens (including phenoxy) is 5. The number of unbranched alkanes of at least 4 members (excludes halogenated alkanes) is 2. The highest BCUT2D eigenvalue weighted by Gasteiger charge is 2.65. The molecule has 1 amide bonds. The van der Waals surface area contributed by atoms with E-state index in [0.29, 0.717) is 50.5 Å². The number of aliphatic hydroxyl groups is 2. The van der Waals surface area contributed by atoms with Crippen molar-refractivity contribution >= 4 is 11.8 Å². The quantitative estimate of drug-likeness (QED) is 0.0545. The molecule has 60 heavy (non-hydrogen) atoms. The van der Waals surface area contributed by atoms with Crippen LogP contribution in [0.1, 0.15) is 86.7 Å². The monoisotopic (exact) mass is 825 g/mol. The van der Waals surface area contributed by atoms with Gasteiger partial charge in [0, 0.05) is 43.4 Å². The summed E-state index contributed by atoms with van der Waals surface area (Å²) in [6, 6.07) is 21.1. The Morgan fingerprint density at radius 3 is 2.55 bits per heavy atom. The first-order valence-electron chi connectivity index (χ1n) is 21.6. The van der Waals surface area contributed by atoms with Crippen LogP contribution >= 0.6 is 0 Å². The Hall–Kier alpha value is -4.75. The molecule has 2 aliphatic carbocycles. The Morgan fingerprint density at radius 1 is 1.02 bits per heavy atom. The van der Waals surface area contributed by atoms with Crippen LogP contribution in [0, 0.1) is 24.7 Å². The highest BCUT2D eigenvalue weighted by molar-refractivity contribution is 6.02. The number of aromatic nitrogens is 1. The maximum atomic E-state index is 14.4. The second-order valence-corrected chi connectivity index (χ2v) is 15.9. The van der Waals surface area contributed by atoms with Gasteiger partial charge in [0.25, 0.3) is 0 Å². The number of carbonyl (C=O) groups is 1. The van der Waals surface area contributed by atoms with Gasteiger partial charge in [-0.05, 0) is 92.3 Å². The maximum absolute atomic E-state index is 14.4. The first kappa shape index (κ1) is 44.8.